The molecule has 13 heteroatoms. The summed E-state index contributed by atoms with van der Waals surface area (Å²) in [6.07, 6.45) is 0.964. The minimum atomic E-state index is -3.93. The predicted molar refractivity (Wildman–Crippen MR) is 126 cm³/mol. The molecule has 1 aliphatic heterocycles. The Morgan fingerprint density at radius 3 is 2.71 bits per heavy atom. The maximum Gasteiger partial charge on any atom is 0.238 e. The van der Waals surface area contributed by atoms with E-state index in [0.717, 1.165) is 11.1 Å². The molecule has 0 radical (unpaired) electrons. The lowest BCUT2D eigenvalue weighted by atomic mass is 10.2. The van der Waals surface area contributed by atoms with Crippen LogP contribution in [0.4, 0.5) is 33.2 Å². The molecule has 0 fully saturated rings. The van der Waals surface area contributed by atoms with Crippen molar-refractivity contribution in [3.05, 3.63) is 54.0 Å². The van der Waals surface area contributed by atoms with Crippen molar-refractivity contribution < 1.29 is 17.6 Å². The fraction of sp³-hybridized carbons (Fsp3) is 0.143. The number of primary sulfonamides is 1. The molecule has 0 aliphatic carbocycles. The van der Waals surface area contributed by atoms with Crippen LogP contribution in [0.3, 0.4) is 0 Å². The molecule has 0 unspecified atom stereocenters. The summed E-state index contributed by atoms with van der Waals surface area (Å²) in [5.41, 5.74) is 1.83. The normalized spacial score (nSPS) is 13.2. The van der Waals surface area contributed by atoms with Crippen molar-refractivity contribution in [3.8, 4) is 6.07 Å². The number of nitrogens with zero attached hydrogens (tertiary/aromatic N) is 4. The number of rotatable bonds is 6. The number of nitriles is 1. The Morgan fingerprint density at radius 1 is 1.24 bits per heavy atom. The van der Waals surface area contributed by atoms with Crippen molar-refractivity contribution >= 4 is 56.5 Å². The number of carbonyl (C=O) groups excluding carboxylic acids is 1. The highest BCUT2D eigenvalue weighted by Crippen LogP contribution is 2.37. The van der Waals surface area contributed by atoms with Gasteiger partial charge in [0.25, 0.3) is 0 Å². The van der Waals surface area contributed by atoms with Crippen LogP contribution in [-0.4, -0.2) is 36.6 Å². The van der Waals surface area contributed by atoms with Crippen molar-refractivity contribution in [2.24, 2.45) is 5.14 Å². The highest BCUT2D eigenvalue weighted by Gasteiger charge is 2.25. The molecule has 1 amide bonds. The van der Waals surface area contributed by atoms with E-state index in [1.165, 1.54) is 22.7 Å². The van der Waals surface area contributed by atoms with E-state index in [-0.39, 0.29) is 34.9 Å². The quantitative estimate of drug-likeness (QED) is 0.434. The molecule has 0 spiro atoms. The van der Waals surface area contributed by atoms with Crippen molar-refractivity contribution in [3.63, 3.8) is 0 Å². The zero-order valence-electron chi connectivity index (χ0n) is 17.7. The minimum Gasteiger partial charge on any atom is -0.338 e. The number of anilines is 5. The Bertz CT molecular complexity index is 1440. The van der Waals surface area contributed by atoms with Gasteiger partial charge in [-0.2, -0.15) is 10.2 Å². The van der Waals surface area contributed by atoms with Crippen molar-refractivity contribution in [2.45, 2.75) is 16.7 Å². The summed E-state index contributed by atoms with van der Waals surface area (Å²) < 4.78 is 38.0. The van der Waals surface area contributed by atoms with Gasteiger partial charge in [0.05, 0.1) is 28.6 Å². The second kappa shape index (κ2) is 9.26. The zero-order chi connectivity index (χ0) is 24.5. The topological polar surface area (TPSA) is 154 Å². The molecule has 1 aromatic heterocycles. The summed E-state index contributed by atoms with van der Waals surface area (Å²) in [6.45, 7) is 1.52. The molecule has 0 atom stereocenters. The van der Waals surface area contributed by atoms with Gasteiger partial charge in [0, 0.05) is 16.3 Å². The Kier molecular flexibility index (Phi) is 6.38. The molecule has 10 nitrogen and oxygen atoms in total. The maximum absolute atomic E-state index is 14.4. The number of sulfonamides is 1. The summed E-state index contributed by atoms with van der Waals surface area (Å²) in [6, 6.07) is 11.6. The van der Waals surface area contributed by atoms with Crippen molar-refractivity contribution in [1.29, 1.82) is 5.26 Å². The smallest absolute Gasteiger partial charge is 0.238 e. The number of halogens is 1. The number of amides is 1. The molecule has 2 heterocycles. The number of hydrogen-bond acceptors (Lipinski definition) is 9. The summed E-state index contributed by atoms with van der Waals surface area (Å²) in [4.78, 5) is 22.4. The van der Waals surface area contributed by atoms with Crippen LogP contribution in [0.15, 0.2) is 52.4 Å². The molecular formula is C21H18FN7O3S2. The van der Waals surface area contributed by atoms with E-state index in [2.05, 4.69) is 20.6 Å². The molecule has 174 valence electrons. The van der Waals surface area contributed by atoms with Crippen molar-refractivity contribution in [2.75, 3.05) is 27.8 Å². The van der Waals surface area contributed by atoms with Crippen LogP contribution in [0.25, 0.3) is 0 Å². The van der Waals surface area contributed by atoms with E-state index in [0.29, 0.717) is 22.6 Å². The van der Waals surface area contributed by atoms with Gasteiger partial charge in [0.15, 0.2) is 11.6 Å². The monoisotopic (exact) mass is 499 g/mol. The van der Waals surface area contributed by atoms with Crippen LogP contribution >= 0.6 is 11.8 Å². The summed E-state index contributed by atoms with van der Waals surface area (Å²) in [5.74, 6) is -0.797. The molecule has 0 saturated carbocycles. The Labute approximate surface area is 199 Å². The lowest BCUT2D eigenvalue weighted by Gasteiger charge is -2.27. The fourth-order valence-electron chi connectivity index (χ4n) is 3.29. The van der Waals surface area contributed by atoms with Gasteiger partial charge in [-0.15, -0.1) is 11.8 Å². The second-order valence-corrected chi connectivity index (χ2v) is 9.82. The number of carbonyl (C=O) groups is 1. The molecule has 3 aromatic rings. The second-order valence-electron chi connectivity index (χ2n) is 7.27. The van der Waals surface area contributed by atoms with Gasteiger partial charge >= 0.3 is 0 Å². The minimum absolute atomic E-state index is 0.0166. The SMILES string of the molecule is Cc1ccc(Nc2ncc(F)c(Nc3ccc4c(c3)N(CC#N)C(=O)CS4)n2)cc1S(N)(=O)=O. The molecule has 2 aromatic carbocycles. The highest BCUT2D eigenvalue weighted by atomic mass is 32.2. The third-order valence-corrected chi connectivity index (χ3v) is 6.99. The van der Waals surface area contributed by atoms with Gasteiger partial charge in [-0.05, 0) is 42.8 Å². The number of aryl methyl sites for hydroxylation is 1. The Morgan fingerprint density at radius 2 is 1.97 bits per heavy atom. The molecule has 4 rings (SSSR count). The van der Waals surface area contributed by atoms with Gasteiger partial charge in [-0.25, -0.2) is 22.9 Å². The fourth-order valence-corrected chi connectivity index (χ4v) is 5.01. The van der Waals surface area contributed by atoms with E-state index in [1.54, 1.807) is 37.3 Å². The average Bonchev–Trinajstić information content (AvgIpc) is 2.78. The van der Waals surface area contributed by atoms with Gasteiger partial charge in [-0.1, -0.05) is 6.07 Å². The Hall–Kier alpha value is -3.73. The number of fused-ring (bicyclic) bond motifs is 1. The van der Waals surface area contributed by atoms with Gasteiger partial charge in [-0.3, -0.25) is 9.69 Å². The Balaban J connectivity index is 1.61. The average molecular weight is 500 g/mol. The van der Waals surface area contributed by atoms with Crippen LogP contribution in [0.1, 0.15) is 5.56 Å². The van der Waals surface area contributed by atoms with E-state index >= 15 is 0 Å². The third kappa shape index (κ3) is 4.93. The van der Waals surface area contributed by atoms with Gasteiger partial charge in [0.2, 0.25) is 21.9 Å². The first-order chi connectivity index (χ1) is 16.2. The van der Waals surface area contributed by atoms with Crippen LogP contribution < -0.4 is 20.7 Å². The standard InChI is InChI=1S/C21H18FN7O3S2/c1-12-2-3-14(9-18(12)34(24,31)32)27-21-25-10-15(22)20(28-21)26-13-4-5-17-16(8-13)29(7-6-23)19(30)11-33-17/h2-5,8-10H,7,11H2,1H3,(H2,24,31,32)(H2,25,26,27,28). The number of hydrogen-bond donors (Lipinski definition) is 3. The summed E-state index contributed by atoms with van der Waals surface area (Å²) >= 11 is 1.36. The number of aromatic nitrogens is 2. The van der Waals surface area contributed by atoms with E-state index in [4.69, 9.17) is 10.4 Å². The third-order valence-electron chi connectivity index (χ3n) is 4.89. The first-order valence-electron chi connectivity index (χ1n) is 9.80. The van der Waals surface area contributed by atoms with E-state index in [9.17, 15) is 17.6 Å². The molecule has 1 aliphatic rings. The molecule has 0 bridgehead atoms. The van der Waals surface area contributed by atoms with Crippen molar-refractivity contribution in [1.82, 2.24) is 9.97 Å². The zero-order valence-corrected chi connectivity index (χ0v) is 19.4. The van der Waals surface area contributed by atoms with Crippen LogP contribution in [-0.2, 0) is 14.8 Å². The number of thioether (sulfide) groups is 1. The van der Waals surface area contributed by atoms with Crippen LogP contribution in [0.5, 0.6) is 0 Å². The predicted octanol–water partition coefficient (Wildman–Crippen LogP) is 3.02. The summed E-state index contributed by atoms with van der Waals surface area (Å²) in [7, 11) is -3.93. The van der Waals surface area contributed by atoms with Crippen LogP contribution in [0, 0.1) is 24.1 Å². The maximum atomic E-state index is 14.4. The number of nitrogens with two attached hydrogens (primary N) is 1. The first-order valence-corrected chi connectivity index (χ1v) is 12.3. The van der Waals surface area contributed by atoms with Gasteiger partial charge in [0.1, 0.15) is 6.54 Å². The summed E-state index contributed by atoms with van der Waals surface area (Å²) in [5, 5.41) is 20.0. The van der Waals surface area contributed by atoms with Gasteiger partial charge < -0.3 is 10.6 Å². The highest BCUT2D eigenvalue weighted by molar-refractivity contribution is 8.00. The number of benzene rings is 2. The first kappa shape index (κ1) is 23.4. The molecule has 0 saturated heterocycles. The lowest BCUT2D eigenvalue weighted by molar-refractivity contribution is -0.116. The molecular weight excluding hydrogens is 481 g/mol. The van der Waals surface area contributed by atoms with E-state index < -0.39 is 15.8 Å². The van der Waals surface area contributed by atoms with Crippen LogP contribution in [0.2, 0.25) is 0 Å². The molecule has 4 N–H and O–H groups in total. The lowest BCUT2D eigenvalue weighted by Crippen LogP contribution is -2.35. The molecule has 34 heavy (non-hydrogen) atoms. The largest absolute Gasteiger partial charge is 0.338 e. The van der Waals surface area contributed by atoms with E-state index in [1.807, 2.05) is 6.07 Å². The number of nitrogens with one attached hydrogen (secondary N) is 2.